The smallest absolute Gasteiger partial charge is 0.271 e. The third-order valence-corrected chi connectivity index (χ3v) is 15.0. The lowest BCUT2D eigenvalue weighted by Crippen LogP contribution is -2.49. The Kier molecular flexibility index (Phi) is 20.0. The average Bonchev–Trinajstić information content (AvgIpc) is 4.44. The molecule has 2 saturated carbocycles. The molecule has 428 valence electrons. The predicted octanol–water partition coefficient (Wildman–Crippen LogP) is 7.67. The van der Waals surface area contributed by atoms with Crippen LogP contribution in [0.5, 0.6) is 0 Å². The summed E-state index contributed by atoms with van der Waals surface area (Å²) in [7, 11) is -3.67. The van der Waals surface area contributed by atoms with Crippen LogP contribution < -0.4 is 41.8 Å². The van der Waals surface area contributed by atoms with Crippen molar-refractivity contribution >= 4 is 106 Å². The molecule has 1 amide bonds. The number of aromatic nitrogens is 10. The summed E-state index contributed by atoms with van der Waals surface area (Å²) in [6.07, 6.45) is 14.5. The molecule has 12 rings (SSSR count). The number of halogens is 1. The van der Waals surface area contributed by atoms with Crippen LogP contribution in [0.2, 0.25) is 0 Å². The highest BCUT2D eigenvalue weighted by molar-refractivity contribution is 14.1. The fourth-order valence-electron chi connectivity index (χ4n) is 10.2. The van der Waals surface area contributed by atoms with Crippen molar-refractivity contribution in [3.05, 3.63) is 96.6 Å². The molecule has 80 heavy (non-hydrogen) atoms. The molecule has 22 nitrogen and oxygen atoms in total. The summed E-state index contributed by atoms with van der Waals surface area (Å²) in [5, 5.41) is 31.1. The van der Waals surface area contributed by atoms with Crippen molar-refractivity contribution in [2.24, 2.45) is 27.8 Å². The highest BCUT2D eigenvalue weighted by Gasteiger charge is 2.36. The number of nitrogens with one attached hydrogen (secondary N) is 3. The monoisotopic (exact) mass is 1220 g/mol. The number of primary amides is 1. The fraction of sp³-hybridized carbons (Fsp3) is 0.482. The number of nitrogens with zero attached hydrogens (tertiary/aromatic N) is 13. The Morgan fingerprint density at radius 1 is 0.650 bits per heavy atom. The number of nitrogens with two attached hydrogens (primary N) is 3. The predicted molar refractivity (Wildman–Crippen MR) is 329 cm³/mol. The second kappa shape index (κ2) is 26.9. The first-order chi connectivity index (χ1) is 38.2. The first kappa shape index (κ1) is 59.7. The van der Waals surface area contributed by atoms with Crippen LogP contribution in [-0.2, 0) is 15.0 Å². The number of fused-ring (bicyclic) bond motifs is 4. The molecule has 2 aliphatic carbocycles. The molecular weight excluding hydrogens is 1150 g/mol. The Morgan fingerprint density at radius 2 is 1.06 bits per heavy atom. The number of para-hydroxylation sites is 2. The van der Waals surface area contributed by atoms with Gasteiger partial charge in [0.1, 0.15) is 22.1 Å². The van der Waals surface area contributed by atoms with Gasteiger partial charge in [0, 0.05) is 87.6 Å². The lowest BCUT2D eigenvalue weighted by molar-refractivity contribution is -0.119. The topological polar surface area (TPSA) is 288 Å². The van der Waals surface area contributed by atoms with E-state index in [-0.39, 0.29) is 44.0 Å². The van der Waals surface area contributed by atoms with Crippen molar-refractivity contribution in [2.75, 3.05) is 84.3 Å². The number of carbonyl (C=O) groups excluding carboxylic acids is 1. The van der Waals surface area contributed by atoms with E-state index in [1.807, 2.05) is 47.9 Å². The standard InChI is InChI=1S/C28H35N9O.C26H32N8.CH3I.CH4.H4N2O2S/c1-3-18(2)37-26-23(16-31-37)32-28(36-12-10-35(11-13-36)17-24(29)38)34-27(26)33-25(19-8-9-19)21-14-20-6-4-5-7-22(20)30-15-21;1-3-17(2)34-24-22(16-29-34)30-26(33-12-10-27-11-13-33)32-25(24)31-23(18-8-9-18)20-14-19-6-4-5-7-21(19)28-15-20;1-2;;1-5(2,3)4/h4-7,14-16,18-19,25H,3,8-13,17H2,1-2H3,(H2,29,38)(H,32,33,34);4-7,14-18,23,27H,3,8-13H2,1-2H3,(H,30,31,32);1H3;1H4;(H4,1,2,3,4)/t18?,25-;17?,23-;;;/m11.../s1. The normalized spacial score (nSPS) is 17.2. The van der Waals surface area contributed by atoms with E-state index in [2.05, 4.69) is 143 Å². The van der Waals surface area contributed by atoms with E-state index in [1.54, 1.807) is 0 Å². The van der Waals surface area contributed by atoms with Crippen LogP contribution in [0.3, 0.4) is 0 Å². The molecule has 2 saturated heterocycles. The second-order valence-electron chi connectivity index (χ2n) is 20.8. The molecular formula is C56H78IN19O3S. The van der Waals surface area contributed by atoms with E-state index in [4.69, 9.17) is 45.8 Å². The molecule has 2 aromatic carbocycles. The Labute approximate surface area is 482 Å². The molecule has 6 aromatic heterocycles. The van der Waals surface area contributed by atoms with Gasteiger partial charge in [0.05, 0.1) is 42.1 Å². The van der Waals surface area contributed by atoms with E-state index >= 15 is 0 Å². The van der Waals surface area contributed by atoms with Crippen molar-refractivity contribution < 1.29 is 13.2 Å². The summed E-state index contributed by atoms with van der Waals surface area (Å²) >= 11 is 2.15. The summed E-state index contributed by atoms with van der Waals surface area (Å²) in [4.78, 5) is 49.4. The highest BCUT2D eigenvalue weighted by atomic mass is 127. The molecule has 0 spiro atoms. The van der Waals surface area contributed by atoms with Crippen LogP contribution in [0, 0.1) is 11.8 Å². The molecule has 4 aliphatic rings. The summed E-state index contributed by atoms with van der Waals surface area (Å²) in [6, 6.07) is 21.8. The zero-order valence-corrected chi connectivity index (χ0v) is 48.7. The zero-order chi connectivity index (χ0) is 55.8. The van der Waals surface area contributed by atoms with Gasteiger partial charge in [-0.25, -0.2) is 20.2 Å². The first-order valence-corrected chi connectivity index (χ1v) is 31.1. The van der Waals surface area contributed by atoms with Gasteiger partial charge >= 0.3 is 0 Å². The molecule has 4 fully saturated rings. The SMILES string of the molecule is C.CCC(C)n1ncc2nc(N3CCN(CC(N)=O)CC3)nc(N[C@@H](c3cnc4ccccc4c3)C3CC3)c21.CCC(C)n1ncc2nc(N3CCNCC3)nc(N[C@@H](c3cnc4ccccc4c3)C3CC3)c21.CI.NS(N)(=O)=O. The number of piperazine rings is 2. The van der Waals surface area contributed by atoms with E-state index in [0.717, 1.165) is 121 Å². The van der Waals surface area contributed by atoms with E-state index < -0.39 is 10.2 Å². The minimum absolute atomic E-state index is 0. The van der Waals surface area contributed by atoms with E-state index in [9.17, 15) is 13.2 Å². The van der Waals surface area contributed by atoms with Gasteiger partial charge in [-0.2, -0.15) is 28.6 Å². The van der Waals surface area contributed by atoms with Crippen LogP contribution in [0.15, 0.2) is 85.5 Å². The van der Waals surface area contributed by atoms with Gasteiger partial charge in [0.2, 0.25) is 17.8 Å². The van der Waals surface area contributed by atoms with Crippen molar-refractivity contribution in [3.63, 3.8) is 0 Å². The van der Waals surface area contributed by atoms with Gasteiger partial charge in [-0.05, 0) is 105 Å². The van der Waals surface area contributed by atoms with Crippen LogP contribution >= 0.6 is 22.6 Å². The maximum atomic E-state index is 11.4. The van der Waals surface area contributed by atoms with Gasteiger partial charge in [0.15, 0.2) is 11.6 Å². The number of alkyl halides is 1. The summed E-state index contributed by atoms with van der Waals surface area (Å²) < 4.78 is 22.5. The molecule has 2 unspecified atom stereocenters. The number of benzene rings is 2. The lowest BCUT2D eigenvalue weighted by Gasteiger charge is -2.34. The van der Waals surface area contributed by atoms with Gasteiger partial charge < -0.3 is 31.5 Å². The highest BCUT2D eigenvalue weighted by Crippen LogP contribution is 2.45. The summed E-state index contributed by atoms with van der Waals surface area (Å²) in [5.41, 5.74) is 13.5. The van der Waals surface area contributed by atoms with Crippen molar-refractivity contribution in [2.45, 2.75) is 97.8 Å². The molecule has 0 bridgehead atoms. The molecule has 4 atom stereocenters. The Hall–Kier alpha value is -6.45. The number of carbonyl (C=O) groups is 1. The zero-order valence-electron chi connectivity index (χ0n) is 45.7. The minimum Gasteiger partial charge on any atom is -0.369 e. The van der Waals surface area contributed by atoms with Crippen LogP contribution in [0.25, 0.3) is 43.9 Å². The average molecular weight is 1220 g/mol. The van der Waals surface area contributed by atoms with Crippen molar-refractivity contribution in [1.82, 2.24) is 59.7 Å². The van der Waals surface area contributed by atoms with Gasteiger partial charge in [-0.15, -0.1) is 0 Å². The summed E-state index contributed by atoms with van der Waals surface area (Å²) in [5.74, 6) is 3.97. The molecule has 9 N–H and O–H groups in total. The quantitative estimate of drug-likeness (QED) is 0.0400. The second-order valence-corrected chi connectivity index (χ2v) is 22.0. The van der Waals surface area contributed by atoms with E-state index in [1.165, 1.54) is 42.2 Å². The van der Waals surface area contributed by atoms with Crippen molar-refractivity contribution in [3.8, 4) is 0 Å². The van der Waals surface area contributed by atoms with Gasteiger partial charge in [-0.3, -0.25) is 29.0 Å². The van der Waals surface area contributed by atoms with Crippen LogP contribution in [-0.4, -0.2) is 133 Å². The third kappa shape index (κ3) is 14.7. The lowest BCUT2D eigenvalue weighted by atomic mass is 10.0. The number of hydrogen-bond acceptors (Lipinski definition) is 17. The van der Waals surface area contributed by atoms with Crippen molar-refractivity contribution in [1.29, 1.82) is 0 Å². The number of anilines is 4. The molecule has 8 heterocycles. The van der Waals surface area contributed by atoms with E-state index in [0.29, 0.717) is 17.8 Å². The Morgan fingerprint density at radius 3 is 1.46 bits per heavy atom. The van der Waals surface area contributed by atoms with Gasteiger partial charge in [0.25, 0.3) is 10.2 Å². The third-order valence-electron chi connectivity index (χ3n) is 15.0. The number of hydrogen-bond donors (Lipinski definition) is 6. The number of rotatable bonds is 16. The number of amides is 1. The molecule has 24 heteroatoms. The molecule has 2 aliphatic heterocycles. The van der Waals surface area contributed by atoms with Gasteiger partial charge in [-0.1, -0.05) is 80.3 Å². The maximum Gasteiger partial charge on any atom is 0.271 e. The maximum absolute atomic E-state index is 11.4. The fourth-order valence-corrected chi connectivity index (χ4v) is 10.2. The van der Waals surface area contributed by atoms with Crippen LogP contribution in [0.1, 0.15) is 109 Å². The first-order valence-electron chi connectivity index (χ1n) is 27.3. The largest absolute Gasteiger partial charge is 0.369 e. The molecule has 0 radical (unpaired) electrons. The van der Waals surface area contributed by atoms with Crippen LogP contribution in [0.4, 0.5) is 23.5 Å². The minimum atomic E-state index is -3.67. The Balaban J connectivity index is 0.000000187. The Bertz CT molecular complexity index is 3460. The summed E-state index contributed by atoms with van der Waals surface area (Å²) in [6.45, 7) is 15.7. The number of pyridine rings is 2. The molecule has 8 aromatic rings.